The van der Waals surface area contributed by atoms with Crippen LogP contribution < -0.4 is 20.7 Å². The van der Waals surface area contributed by atoms with Crippen LogP contribution >= 0.6 is 0 Å². The molecule has 6 heteroatoms. The summed E-state index contributed by atoms with van der Waals surface area (Å²) in [6.45, 7) is 2.12. The SMILES string of the molecule is Nc1ccnc(N(Cc2ccccc2)C(=O)C2Oc3ccccc3C23CCNCC3)c1. The van der Waals surface area contributed by atoms with E-state index in [1.54, 1.807) is 23.2 Å². The molecule has 3 N–H and O–H groups in total. The van der Waals surface area contributed by atoms with Crippen LogP contribution in [0.15, 0.2) is 72.9 Å². The first-order valence-corrected chi connectivity index (χ1v) is 10.7. The molecule has 1 saturated heterocycles. The Morgan fingerprint density at radius 2 is 1.84 bits per heavy atom. The number of anilines is 2. The van der Waals surface area contributed by atoms with Gasteiger partial charge < -0.3 is 15.8 Å². The normalized spacial score (nSPS) is 18.9. The van der Waals surface area contributed by atoms with Crippen LogP contribution in [0.4, 0.5) is 11.5 Å². The highest BCUT2D eigenvalue weighted by molar-refractivity contribution is 5.98. The summed E-state index contributed by atoms with van der Waals surface area (Å²) in [4.78, 5) is 20.3. The lowest BCUT2D eigenvalue weighted by atomic mass is 9.70. The van der Waals surface area contributed by atoms with E-state index in [0.717, 1.165) is 42.8 Å². The fraction of sp³-hybridized carbons (Fsp3) is 0.280. The second-order valence-electron chi connectivity index (χ2n) is 8.26. The number of carbonyl (C=O) groups is 1. The molecule has 1 fully saturated rings. The number of piperidine rings is 1. The molecule has 1 aromatic heterocycles. The van der Waals surface area contributed by atoms with Crippen molar-refractivity contribution >= 4 is 17.4 Å². The largest absolute Gasteiger partial charge is 0.479 e. The van der Waals surface area contributed by atoms with E-state index in [2.05, 4.69) is 16.4 Å². The number of fused-ring (bicyclic) bond motifs is 2. The van der Waals surface area contributed by atoms with Crippen molar-refractivity contribution in [3.8, 4) is 5.75 Å². The third-order valence-electron chi connectivity index (χ3n) is 6.39. The van der Waals surface area contributed by atoms with Gasteiger partial charge in [-0.25, -0.2) is 4.98 Å². The maximum Gasteiger partial charge on any atom is 0.270 e. The van der Waals surface area contributed by atoms with Crippen LogP contribution in [0.2, 0.25) is 0 Å². The molecule has 0 bridgehead atoms. The van der Waals surface area contributed by atoms with Gasteiger partial charge in [0.15, 0.2) is 6.10 Å². The van der Waals surface area contributed by atoms with Gasteiger partial charge >= 0.3 is 0 Å². The van der Waals surface area contributed by atoms with E-state index < -0.39 is 6.10 Å². The van der Waals surface area contributed by atoms with Gasteiger partial charge in [-0.1, -0.05) is 48.5 Å². The number of para-hydroxylation sites is 1. The van der Waals surface area contributed by atoms with E-state index in [-0.39, 0.29) is 11.3 Å². The Kier molecular flexibility index (Phi) is 5.08. The second-order valence-corrected chi connectivity index (χ2v) is 8.26. The number of hydrogen-bond acceptors (Lipinski definition) is 5. The number of nitrogens with one attached hydrogen (secondary N) is 1. The van der Waals surface area contributed by atoms with E-state index in [0.29, 0.717) is 18.1 Å². The molecule has 2 aromatic carbocycles. The first-order valence-electron chi connectivity index (χ1n) is 10.7. The Morgan fingerprint density at radius 1 is 1.10 bits per heavy atom. The van der Waals surface area contributed by atoms with Gasteiger partial charge in [0.2, 0.25) is 0 Å². The molecule has 1 spiro atoms. The molecule has 1 amide bonds. The summed E-state index contributed by atoms with van der Waals surface area (Å²) in [5.74, 6) is 1.26. The Bertz CT molecular complexity index is 1080. The monoisotopic (exact) mass is 414 g/mol. The van der Waals surface area contributed by atoms with Gasteiger partial charge in [0.25, 0.3) is 5.91 Å². The molecule has 5 rings (SSSR count). The summed E-state index contributed by atoms with van der Waals surface area (Å²) in [7, 11) is 0. The number of amides is 1. The van der Waals surface area contributed by atoms with Crippen LogP contribution in [-0.4, -0.2) is 30.1 Å². The summed E-state index contributed by atoms with van der Waals surface area (Å²) in [5.41, 5.74) is 8.42. The minimum absolute atomic E-state index is 0.0833. The number of pyridine rings is 1. The average molecular weight is 415 g/mol. The van der Waals surface area contributed by atoms with Crippen LogP contribution in [0.3, 0.4) is 0 Å². The van der Waals surface area contributed by atoms with E-state index in [1.165, 1.54) is 0 Å². The van der Waals surface area contributed by atoms with Crippen LogP contribution in [0, 0.1) is 0 Å². The molecule has 2 aliphatic heterocycles. The van der Waals surface area contributed by atoms with Gasteiger partial charge in [-0.05, 0) is 43.6 Å². The topological polar surface area (TPSA) is 80.5 Å². The lowest BCUT2D eigenvalue weighted by molar-refractivity contribution is -0.128. The molecule has 0 radical (unpaired) electrons. The predicted octanol–water partition coefficient (Wildman–Crippen LogP) is 3.28. The number of nitrogen functional groups attached to an aromatic ring is 1. The van der Waals surface area contributed by atoms with Crippen molar-refractivity contribution in [3.63, 3.8) is 0 Å². The van der Waals surface area contributed by atoms with Crippen molar-refractivity contribution in [2.75, 3.05) is 23.7 Å². The maximum atomic E-state index is 14.1. The van der Waals surface area contributed by atoms with E-state index in [9.17, 15) is 4.79 Å². The third kappa shape index (κ3) is 3.53. The van der Waals surface area contributed by atoms with Crippen molar-refractivity contribution in [2.24, 2.45) is 0 Å². The van der Waals surface area contributed by atoms with Gasteiger partial charge in [-0.2, -0.15) is 0 Å². The summed E-state index contributed by atoms with van der Waals surface area (Å²) in [6, 6.07) is 21.5. The number of hydrogen-bond donors (Lipinski definition) is 2. The fourth-order valence-corrected chi connectivity index (χ4v) is 4.81. The molecule has 3 aromatic rings. The zero-order valence-corrected chi connectivity index (χ0v) is 17.3. The molecule has 1 unspecified atom stereocenters. The van der Waals surface area contributed by atoms with Crippen molar-refractivity contribution in [2.45, 2.75) is 30.9 Å². The first kappa shape index (κ1) is 19.6. The summed E-state index contributed by atoms with van der Waals surface area (Å²) >= 11 is 0. The molecular formula is C25H26N4O2. The minimum atomic E-state index is -0.598. The molecular weight excluding hydrogens is 388 g/mol. The van der Waals surface area contributed by atoms with Gasteiger partial charge in [0.1, 0.15) is 11.6 Å². The number of aromatic nitrogens is 1. The van der Waals surface area contributed by atoms with Gasteiger partial charge in [0.05, 0.1) is 6.54 Å². The van der Waals surface area contributed by atoms with E-state index >= 15 is 0 Å². The highest BCUT2D eigenvalue weighted by Crippen LogP contribution is 2.49. The number of ether oxygens (including phenoxy) is 1. The minimum Gasteiger partial charge on any atom is -0.479 e. The summed E-state index contributed by atoms with van der Waals surface area (Å²) in [6.07, 6.45) is 2.74. The maximum absolute atomic E-state index is 14.1. The molecule has 158 valence electrons. The quantitative estimate of drug-likeness (QED) is 0.685. The van der Waals surface area contributed by atoms with Crippen molar-refractivity contribution in [1.82, 2.24) is 10.3 Å². The van der Waals surface area contributed by atoms with Crippen LogP contribution in [0.5, 0.6) is 5.75 Å². The summed E-state index contributed by atoms with van der Waals surface area (Å²) < 4.78 is 6.35. The zero-order valence-electron chi connectivity index (χ0n) is 17.3. The Morgan fingerprint density at radius 3 is 2.61 bits per heavy atom. The lowest BCUT2D eigenvalue weighted by Gasteiger charge is -2.39. The van der Waals surface area contributed by atoms with E-state index in [4.69, 9.17) is 10.5 Å². The van der Waals surface area contributed by atoms with Gasteiger partial charge in [0, 0.05) is 28.9 Å². The third-order valence-corrected chi connectivity index (χ3v) is 6.39. The Labute approximate surface area is 182 Å². The molecule has 0 saturated carbocycles. The Hall–Kier alpha value is -3.38. The molecule has 1 atom stereocenters. The smallest absolute Gasteiger partial charge is 0.270 e. The number of carbonyl (C=O) groups excluding carboxylic acids is 1. The number of nitrogens with two attached hydrogens (primary N) is 1. The zero-order chi connectivity index (χ0) is 21.3. The molecule has 2 aliphatic rings. The van der Waals surface area contributed by atoms with Gasteiger partial charge in [-0.15, -0.1) is 0 Å². The van der Waals surface area contributed by atoms with E-state index in [1.807, 2.05) is 48.5 Å². The number of rotatable bonds is 4. The standard InChI is InChI=1S/C25H26N4O2/c26-19-10-13-28-22(16-19)29(17-18-6-2-1-3-7-18)24(30)23-25(11-14-27-15-12-25)20-8-4-5-9-21(20)31-23/h1-10,13,16,23,27H,11-12,14-15,17H2,(H2,26,28). The van der Waals surface area contributed by atoms with Crippen molar-refractivity contribution in [3.05, 3.63) is 84.1 Å². The summed E-state index contributed by atoms with van der Waals surface area (Å²) in [5, 5.41) is 3.43. The second kappa shape index (κ2) is 8.04. The number of benzene rings is 2. The van der Waals surface area contributed by atoms with Crippen LogP contribution in [-0.2, 0) is 16.8 Å². The highest BCUT2D eigenvalue weighted by atomic mass is 16.5. The van der Waals surface area contributed by atoms with Crippen molar-refractivity contribution in [1.29, 1.82) is 0 Å². The molecule has 3 heterocycles. The lowest BCUT2D eigenvalue weighted by Crippen LogP contribution is -2.54. The molecule has 6 nitrogen and oxygen atoms in total. The van der Waals surface area contributed by atoms with Crippen LogP contribution in [0.25, 0.3) is 0 Å². The first-order chi connectivity index (χ1) is 15.2. The number of nitrogens with zero attached hydrogens (tertiary/aromatic N) is 2. The highest BCUT2D eigenvalue weighted by Gasteiger charge is 2.53. The fourth-order valence-electron chi connectivity index (χ4n) is 4.81. The predicted molar refractivity (Wildman–Crippen MR) is 121 cm³/mol. The molecule has 31 heavy (non-hydrogen) atoms. The van der Waals surface area contributed by atoms with Crippen molar-refractivity contribution < 1.29 is 9.53 Å². The van der Waals surface area contributed by atoms with Gasteiger partial charge in [-0.3, -0.25) is 9.69 Å². The van der Waals surface area contributed by atoms with Crippen LogP contribution in [0.1, 0.15) is 24.0 Å². The average Bonchev–Trinajstić information content (AvgIpc) is 3.12. The Balaban J connectivity index is 1.55. The molecule has 0 aliphatic carbocycles.